The Labute approximate surface area is 732 Å². The first-order chi connectivity index (χ1) is 56.4. The molecule has 7 aromatic heterocycles. The Morgan fingerprint density at radius 3 is 1.02 bits per heavy atom. The van der Waals surface area contributed by atoms with Gasteiger partial charge in [-0.1, -0.05) is 173 Å². The van der Waals surface area contributed by atoms with Crippen LogP contribution in [0, 0.1) is 97.4 Å². The van der Waals surface area contributed by atoms with Crippen molar-refractivity contribution in [3.8, 4) is 59.8 Å². The number of rotatable bonds is 0. The Balaban J connectivity index is 0.000000153. The summed E-state index contributed by atoms with van der Waals surface area (Å²) in [6.07, 6.45) is 19.7. The first-order valence-electron chi connectivity index (χ1n) is 40.3. The number of hydrogen-bond acceptors (Lipinski definition) is 14. The van der Waals surface area contributed by atoms with Gasteiger partial charge in [0.25, 0.3) is 27.8 Å². The maximum atomic E-state index is 12.8. The van der Waals surface area contributed by atoms with Crippen molar-refractivity contribution < 1.29 is 0 Å². The second-order valence-corrected chi connectivity index (χ2v) is 48.9. The summed E-state index contributed by atoms with van der Waals surface area (Å²) in [4.78, 5) is 94.2. The first kappa shape index (κ1) is 92.3. The van der Waals surface area contributed by atoms with Gasteiger partial charge in [0.1, 0.15) is 79.1 Å². The van der Waals surface area contributed by atoms with Crippen LogP contribution in [-0.2, 0) is 64.8 Å². The minimum atomic E-state index is -1.41. The molecule has 12 aromatic rings. The molecule has 5 aliphatic heterocycles. The van der Waals surface area contributed by atoms with Crippen molar-refractivity contribution in [3.63, 3.8) is 0 Å². The first-order valence-corrected chi connectivity index (χ1v) is 49.3. The molecule has 0 N–H and O–H groups in total. The number of aromatic nitrogens is 12. The maximum Gasteiger partial charge on any atom is 0.261 e. The molecule has 0 fully saturated rings. The second kappa shape index (κ2) is 37.6. The lowest BCUT2D eigenvalue weighted by Crippen LogP contribution is -2.35. The second-order valence-electron chi connectivity index (χ2n) is 37.2. The van der Waals surface area contributed by atoms with E-state index in [9.17, 15) is 24.0 Å². The van der Waals surface area contributed by atoms with E-state index >= 15 is 0 Å². The Morgan fingerprint density at radius 2 is 0.686 bits per heavy atom. The van der Waals surface area contributed by atoms with Gasteiger partial charge in [-0.05, 0) is 196 Å². The molecule has 121 heavy (non-hydrogen) atoms. The third-order valence-electron chi connectivity index (χ3n) is 21.5. The molecule has 0 saturated carbocycles. The summed E-state index contributed by atoms with van der Waals surface area (Å²) < 4.78 is 10.8. The predicted octanol–water partition coefficient (Wildman–Crippen LogP) is 19.0. The Hall–Kier alpha value is -11.0. The molecular formula is C97H105Br2ClN14O5Si2. The van der Waals surface area contributed by atoms with Crippen LogP contribution in [0.4, 0.5) is 0 Å². The quantitative estimate of drug-likeness (QED) is 0.0778. The Bertz CT molecular complexity index is 6570. The van der Waals surface area contributed by atoms with Gasteiger partial charge in [-0.3, -0.25) is 46.8 Å². The Kier molecular flexibility index (Phi) is 28.6. The number of fused-ring (bicyclic) bond motifs is 10. The van der Waals surface area contributed by atoms with Crippen molar-refractivity contribution in [1.82, 2.24) is 57.7 Å². The number of pyridine rings is 2. The molecule has 0 atom stereocenters. The minimum Gasteiger partial charge on any atom is -0.296 e. The van der Waals surface area contributed by atoms with Gasteiger partial charge in [0, 0.05) is 91.0 Å². The summed E-state index contributed by atoms with van der Waals surface area (Å²) in [5.41, 5.74) is 14.9. The summed E-state index contributed by atoms with van der Waals surface area (Å²) in [5, 5.41) is 21.2. The summed E-state index contributed by atoms with van der Waals surface area (Å²) >= 11 is 12.5. The zero-order valence-electron chi connectivity index (χ0n) is 71.3. The zero-order chi connectivity index (χ0) is 87.2. The minimum absolute atomic E-state index is 0. The molecule has 0 spiro atoms. The number of nitriles is 2. The van der Waals surface area contributed by atoms with Gasteiger partial charge in [-0.15, -0.1) is 23.9 Å². The van der Waals surface area contributed by atoms with E-state index in [1.807, 2.05) is 85.0 Å². The van der Waals surface area contributed by atoms with Gasteiger partial charge in [-0.25, -0.2) is 34.9 Å². The van der Waals surface area contributed by atoms with Crippen LogP contribution in [0.1, 0.15) is 172 Å². The van der Waals surface area contributed by atoms with Crippen molar-refractivity contribution in [2.24, 2.45) is 27.1 Å². The van der Waals surface area contributed by atoms with E-state index < -0.39 is 16.1 Å². The molecule has 0 amide bonds. The normalized spacial score (nSPS) is 15.5. The van der Waals surface area contributed by atoms with Gasteiger partial charge in [0.05, 0.1) is 54.5 Å². The molecule has 0 aliphatic carbocycles. The van der Waals surface area contributed by atoms with Gasteiger partial charge in [0.2, 0.25) is 0 Å². The van der Waals surface area contributed by atoms with E-state index in [0.29, 0.717) is 76.7 Å². The summed E-state index contributed by atoms with van der Waals surface area (Å²) in [7, 11) is -2.51. The number of benzene rings is 5. The third kappa shape index (κ3) is 23.8. The standard InChI is InChI=1S/C22H18N4O.C19H24N2OSi.C16H16N2O.C14H15BrN2O.C14H15ClN2O.C6H3BrN2.C5H10Si.CH4/c1-22(2)10-11-26-20(13-22)25-19-12-15(7-9-18(19)21(26)27)6-8-16-4-3-5-17(14-23)24-16;1-19(2)9-10-21-17(13-19)20-16-12-14(8-11-23(3,4)5)6-7-15(16)18(21)22;1-4-11-5-6-12-13(9-11)17-14-10-16(2,3)7-8-18(14)15(12)19;2*1-14(2)5-6-17-12(8-14)16-11-7-9(15)3-4-10(11)13(17)18;7-6-3-1-2-5(4-8)9-6;1-5-6(2,3)4;/h3-5,7,9,12H,10-11,13H2,1-2H3;6-7,12H,9-10,13H2,1-5H3;1,5-6,9H,7-8,10H2,2-3H3;2*3-4,7H,5-6,8H2,1-2H3;1-3H;1H,2-4H3;1H4. The van der Waals surface area contributed by atoms with Crippen LogP contribution in [0.15, 0.2) is 160 Å². The van der Waals surface area contributed by atoms with Crippen molar-refractivity contribution in [1.29, 1.82) is 10.5 Å². The highest BCUT2D eigenvalue weighted by Gasteiger charge is 2.33. The molecule has 5 aromatic carbocycles. The van der Waals surface area contributed by atoms with Crippen LogP contribution in [0.25, 0.3) is 54.5 Å². The molecule has 19 nitrogen and oxygen atoms in total. The van der Waals surface area contributed by atoms with E-state index in [4.69, 9.17) is 44.9 Å². The number of nitrogens with zero attached hydrogens (tertiary/aromatic N) is 14. The predicted molar refractivity (Wildman–Crippen MR) is 502 cm³/mol. The van der Waals surface area contributed by atoms with Crippen molar-refractivity contribution in [2.45, 2.75) is 213 Å². The van der Waals surface area contributed by atoms with E-state index in [1.54, 1.807) is 77.4 Å². The average Bonchev–Trinajstić information content (AvgIpc) is 0.786. The van der Waals surface area contributed by atoms with Gasteiger partial charge in [-0.2, -0.15) is 10.5 Å². The van der Waals surface area contributed by atoms with Crippen molar-refractivity contribution >= 4 is 114 Å². The molecule has 0 saturated heterocycles. The fourth-order valence-electron chi connectivity index (χ4n) is 14.4. The van der Waals surface area contributed by atoms with Crippen LogP contribution < -0.4 is 27.8 Å². The van der Waals surface area contributed by atoms with Crippen LogP contribution in [-0.4, -0.2) is 73.9 Å². The summed E-state index contributed by atoms with van der Waals surface area (Å²) in [6.45, 7) is 39.1. The molecule has 0 unspecified atom stereocenters. The number of halogens is 3. The van der Waals surface area contributed by atoms with Gasteiger partial charge >= 0.3 is 0 Å². The summed E-state index contributed by atoms with van der Waals surface area (Å²) in [6, 6.07) is 41.9. The van der Waals surface area contributed by atoms with Crippen LogP contribution in [0.5, 0.6) is 0 Å². The molecule has 12 heterocycles. The van der Waals surface area contributed by atoms with Crippen LogP contribution in [0.3, 0.4) is 0 Å². The maximum absolute atomic E-state index is 12.8. The molecule has 5 aliphatic rings. The smallest absolute Gasteiger partial charge is 0.261 e. The van der Waals surface area contributed by atoms with Gasteiger partial charge < -0.3 is 0 Å². The molecule has 622 valence electrons. The van der Waals surface area contributed by atoms with Crippen molar-refractivity contribution in [2.75, 3.05) is 0 Å². The lowest BCUT2D eigenvalue weighted by atomic mass is 9.83. The lowest BCUT2D eigenvalue weighted by molar-refractivity contribution is 0.261. The average molecular weight is 1800 g/mol. The molecule has 0 radical (unpaired) electrons. The Morgan fingerprint density at radius 1 is 0.380 bits per heavy atom. The lowest BCUT2D eigenvalue weighted by Gasteiger charge is -2.31. The molecule has 0 bridgehead atoms. The van der Waals surface area contributed by atoms with E-state index in [-0.39, 0.29) is 62.3 Å². The fourth-order valence-corrected chi connectivity index (χ4v) is 15.8. The van der Waals surface area contributed by atoms with E-state index in [2.05, 4.69) is 200 Å². The number of hydrogen-bond donors (Lipinski definition) is 0. The summed E-state index contributed by atoms with van der Waals surface area (Å²) in [5.74, 6) is 16.3. The molecule has 17 rings (SSSR count). The van der Waals surface area contributed by atoms with Crippen LogP contribution >= 0.6 is 43.5 Å². The molecule has 24 heteroatoms. The molecular weight excluding hydrogens is 1690 g/mol. The van der Waals surface area contributed by atoms with E-state index in [0.717, 1.165) is 152 Å². The topological polar surface area (TPSA) is 248 Å². The SMILES string of the molecule is C.C#C[Si](C)(C)C.C#Cc1ccc2c(=O)n3c(nc2c1)CC(C)(C)CC3.CC1(C)CCn2c(nc3cc(Br)ccc3c2=O)C1.CC1(C)CCn2c(nc3cc(C#C[Si](C)(C)C)ccc3c2=O)C1.CC1(C)CCn2c(nc3cc(C#Cc4cccc(C#N)n4)ccc3c2=O)C1.CC1(C)CCn2c(nc3cc(Cl)ccc3c2=O)C1.N#Cc1cccc(Br)n1. The zero-order valence-corrected chi connectivity index (χ0v) is 77.2. The monoisotopic (exact) mass is 1790 g/mol. The third-order valence-corrected chi connectivity index (χ3v) is 24.5. The van der Waals surface area contributed by atoms with E-state index in [1.165, 1.54) is 0 Å². The largest absolute Gasteiger partial charge is 0.296 e. The number of terminal acetylenes is 2. The highest BCUT2D eigenvalue weighted by molar-refractivity contribution is 9.10. The van der Waals surface area contributed by atoms with Crippen molar-refractivity contribution in [3.05, 3.63) is 256 Å². The highest BCUT2D eigenvalue weighted by Crippen LogP contribution is 2.36. The van der Waals surface area contributed by atoms with Gasteiger partial charge in [0.15, 0.2) is 0 Å². The van der Waals surface area contributed by atoms with Crippen LogP contribution in [0.2, 0.25) is 44.3 Å². The fraction of sp³-hybridized carbons (Fsp3) is 0.381. The highest BCUT2D eigenvalue weighted by atomic mass is 79.9.